The van der Waals surface area contributed by atoms with Crippen molar-refractivity contribution in [2.75, 3.05) is 7.05 Å². The SMILES string of the molecule is CC(=O)N(C)C(C)(C(=O)O)c1cc(C)ccc1C. The number of amides is 1. The standard InChI is InChI=1S/C14H19NO3/c1-9-6-7-10(2)12(8-9)14(4,13(17)18)15(5)11(3)16/h6-8H,1-5H3,(H,17,18). The largest absolute Gasteiger partial charge is 0.479 e. The monoisotopic (exact) mass is 249 g/mol. The third kappa shape index (κ3) is 2.23. The molecule has 0 fully saturated rings. The van der Waals surface area contributed by atoms with Gasteiger partial charge in [0, 0.05) is 14.0 Å². The average Bonchev–Trinajstić information content (AvgIpc) is 2.29. The Bertz CT molecular complexity index is 496. The molecule has 0 saturated carbocycles. The molecule has 0 radical (unpaired) electrons. The predicted molar refractivity (Wildman–Crippen MR) is 69.3 cm³/mol. The van der Waals surface area contributed by atoms with Crippen LogP contribution >= 0.6 is 0 Å². The average molecular weight is 249 g/mol. The van der Waals surface area contributed by atoms with Crippen LogP contribution in [0.2, 0.25) is 0 Å². The second-order valence-corrected chi connectivity index (χ2v) is 4.77. The highest BCUT2D eigenvalue weighted by atomic mass is 16.4. The lowest BCUT2D eigenvalue weighted by molar-refractivity contribution is -0.156. The summed E-state index contributed by atoms with van der Waals surface area (Å²) in [4.78, 5) is 24.4. The molecule has 4 heteroatoms. The van der Waals surface area contributed by atoms with Gasteiger partial charge in [0.05, 0.1) is 0 Å². The van der Waals surface area contributed by atoms with Gasteiger partial charge in [-0.3, -0.25) is 4.79 Å². The summed E-state index contributed by atoms with van der Waals surface area (Å²) in [5, 5.41) is 9.53. The van der Waals surface area contributed by atoms with E-state index in [0.717, 1.165) is 11.1 Å². The number of likely N-dealkylation sites (N-methyl/N-ethyl adjacent to an activating group) is 1. The Morgan fingerprint density at radius 2 is 1.83 bits per heavy atom. The summed E-state index contributed by atoms with van der Waals surface area (Å²) >= 11 is 0. The fraction of sp³-hybridized carbons (Fsp3) is 0.429. The van der Waals surface area contributed by atoms with Gasteiger partial charge in [0.1, 0.15) is 0 Å². The van der Waals surface area contributed by atoms with Crippen LogP contribution in [0.25, 0.3) is 0 Å². The lowest BCUT2D eigenvalue weighted by atomic mass is 9.86. The number of carbonyl (C=O) groups excluding carboxylic acids is 1. The lowest BCUT2D eigenvalue weighted by Crippen LogP contribution is -2.50. The Morgan fingerprint density at radius 1 is 1.28 bits per heavy atom. The highest BCUT2D eigenvalue weighted by molar-refractivity contribution is 5.87. The number of benzene rings is 1. The van der Waals surface area contributed by atoms with E-state index in [1.807, 2.05) is 32.0 Å². The maximum atomic E-state index is 11.6. The normalized spacial score (nSPS) is 13.8. The van der Waals surface area contributed by atoms with Crippen LogP contribution in [0.15, 0.2) is 18.2 Å². The molecule has 0 aliphatic rings. The van der Waals surface area contributed by atoms with Gasteiger partial charge in [-0.05, 0) is 31.9 Å². The molecule has 0 aromatic heterocycles. The quantitative estimate of drug-likeness (QED) is 0.892. The summed E-state index contributed by atoms with van der Waals surface area (Å²) in [6.45, 7) is 6.67. The summed E-state index contributed by atoms with van der Waals surface area (Å²) in [6, 6.07) is 5.62. The van der Waals surface area contributed by atoms with E-state index >= 15 is 0 Å². The molecular weight excluding hydrogens is 230 g/mol. The van der Waals surface area contributed by atoms with Crippen LogP contribution in [0.3, 0.4) is 0 Å². The number of carboxylic acids is 1. The lowest BCUT2D eigenvalue weighted by Gasteiger charge is -2.36. The molecule has 1 atom stereocenters. The molecule has 0 aliphatic heterocycles. The molecule has 0 bridgehead atoms. The van der Waals surface area contributed by atoms with E-state index in [1.165, 1.54) is 18.9 Å². The predicted octanol–water partition coefficient (Wildman–Crippen LogP) is 2.08. The number of carbonyl (C=O) groups is 2. The smallest absolute Gasteiger partial charge is 0.334 e. The van der Waals surface area contributed by atoms with Crippen molar-refractivity contribution in [1.29, 1.82) is 0 Å². The van der Waals surface area contributed by atoms with Gasteiger partial charge in [0.15, 0.2) is 5.54 Å². The summed E-state index contributed by atoms with van der Waals surface area (Å²) in [7, 11) is 1.51. The molecule has 0 aliphatic carbocycles. The number of aryl methyl sites for hydroxylation is 2. The molecule has 1 N–H and O–H groups in total. The molecule has 1 amide bonds. The molecule has 0 saturated heterocycles. The van der Waals surface area contributed by atoms with E-state index in [0.29, 0.717) is 5.56 Å². The van der Waals surface area contributed by atoms with Crippen LogP contribution in [-0.4, -0.2) is 28.9 Å². The Morgan fingerprint density at radius 3 is 2.28 bits per heavy atom. The zero-order valence-electron chi connectivity index (χ0n) is 11.4. The van der Waals surface area contributed by atoms with Crippen molar-refractivity contribution >= 4 is 11.9 Å². The van der Waals surface area contributed by atoms with E-state index in [-0.39, 0.29) is 5.91 Å². The van der Waals surface area contributed by atoms with Crippen molar-refractivity contribution in [3.05, 3.63) is 34.9 Å². The Balaban J connectivity index is 3.50. The van der Waals surface area contributed by atoms with Gasteiger partial charge < -0.3 is 10.0 Å². The van der Waals surface area contributed by atoms with Gasteiger partial charge in [-0.1, -0.05) is 23.8 Å². The molecule has 1 aromatic rings. The van der Waals surface area contributed by atoms with E-state index in [2.05, 4.69) is 0 Å². The van der Waals surface area contributed by atoms with Crippen LogP contribution in [0.4, 0.5) is 0 Å². The number of hydrogen-bond donors (Lipinski definition) is 1. The molecule has 0 heterocycles. The van der Waals surface area contributed by atoms with Crippen LogP contribution in [-0.2, 0) is 15.1 Å². The van der Waals surface area contributed by atoms with Crippen LogP contribution in [0.5, 0.6) is 0 Å². The highest BCUT2D eigenvalue weighted by Gasteiger charge is 2.42. The molecule has 4 nitrogen and oxygen atoms in total. The van der Waals surface area contributed by atoms with Crippen LogP contribution in [0, 0.1) is 13.8 Å². The third-order valence-electron chi connectivity index (χ3n) is 3.48. The highest BCUT2D eigenvalue weighted by Crippen LogP contribution is 2.31. The van der Waals surface area contributed by atoms with Gasteiger partial charge >= 0.3 is 5.97 Å². The van der Waals surface area contributed by atoms with Gasteiger partial charge in [0.2, 0.25) is 5.91 Å². The first kappa shape index (κ1) is 14.2. The van der Waals surface area contributed by atoms with Gasteiger partial charge in [-0.2, -0.15) is 0 Å². The number of rotatable bonds is 3. The van der Waals surface area contributed by atoms with E-state index in [4.69, 9.17) is 0 Å². The summed E-state index contributed by atoms with van der Waals surface area (Å²) in [6.07, 6.45) is 0. The molecular formula is C14H19NO3. The molecule has 18 heavy (non-hydrogen) atoms. The first-order valence-corrected chi connectivity index (χ1v) is 5.76. The maximum absolute atomic E-state index is 11.6. The Hall–Kier alpha value is -1.84. The molecule has 0 spiro atoms. The number of nitrogens with zero attached hydrogens (tertiary/aromatic N) is 1. The zero-order chi connectivity index (χ0) is 14.1. The fourth-order valence-electron chi connectivity index (χ4n) is 2.01. The third-order valence-corrected chi connectivity index (χ3v) is 3.48. The van der Waals surface area contributed by atoms with Gasteiger partial charge in [0.25, 0.3) is 0 Å². The van der Waals surface area contributed by atoms with Crippen LogP contribution in [0.1, 0.15) is 30.5 Å². The first-order chi connectivity index (χ1) is 8.21. The minimum Gasteiger partial charge on any atom is -0.479 e. The number of aliphatic carboxylic acids is 1. The minimum absolute atomic E-state index is 0.277. The van der Waals surface area contributed by atoms with Crippen molar-refractivity contribution < 1.29 is 14.7 Å². The van der Waals surface area contributed by atoms with Gasteiger partial charge in [-0.25, -0.2) is 4.79 Å². The number of hydrogen-bond acceptors (Lipinski definition) is 2. The van der Waals surface area contributed by atoms with Crippen LogP contribution < -0.4 is 0 Å². The molecule has 1 rings (SSSR count). The Labute approximate surface area is 107 Å². The van der Waals surface area contributed by atoms with E-state index < -0.39 is 11.5 Å². The van der Waals surface area contributed by atoms with E-state index in [1.54, 1.807) is 6.92 Å². The topological polar surface area (TPSA) is 57.6 Å². The zero-order valence-corrected chi connectivity index (χ0v) is 11.4. The van der Waals surface area contributed by atoms with E-state index in [9.17, 15) is 14.7 Å². The molecule has 1 aromatic carbocycles. The Kier molecular flexibility index (Phi) is 3.79. The summed E-state index contributed by atoms with van der Waals surface area (Å²) < 4.78 is 0. The summed E-state index contributed by atoms with van der Waals surface area (Å²) in [5.41, 5.74) is 1.13. The van der Waals surface area contributed by atoms with Gasteiger partial charge in [-0.15, -0.1) is 0 Å². The minimum atomic E-state index is -1.35. The van der Waals surface area contributed by atoms with Crippen molar-refractivity contribution in [1.82, 2.24) is 4.90 Å². The summed E-state index contributed by atoms with van der Waals surface area (Å²) in [5.74, 6) is -1.31. The maximum Gasteiger partial charge on any atom is 0.334 e. The first-order valence-electron chi connectivity index (χ1n) is 5.76. The fourth-order valence-corrected chi connectivity index (χ4v) is 2.01. The second-order valence-electron chi connectivity index (χ2n) is 4.77. The van der Waals surface area contributed by atoms with Crippen molar-refractivity contribution in [3.63, 3.8) is 0 Å². The molecule has 98 valence electrons. The second kappa shape index (κ2) is 4.80. The number of carboxylic acid groups (broad SMARTS) is 1. The molecule has 1 unspecified atom stereocenters. The van der Waals surface area contributed by atoms with Crippen molar-refractivity contribution in [2.45, 2.75) is 33.2 Å². The van der Waals surface area contributed by atoms with Crippen molar-refractivity contribution in [3.8, 4) is 0 Å². The van der Waals surface area contributed by atoms with Crippen molar-refractivity contribution in [2.24, 2.45) is 0 Å².